The Balaban J connectivity index is 1.69. The second kappa shape index (κ2) is 7.42. The Kier molecular flexibility index (Phi) is 5.25. The van der Waals surface area contributed by atoms with E-state index in [4.69, 9.17) is 0 Å². The molecule has 2 aromatic heterocycles. The molecule has 1 atom stereocenters. The molecule has 3 heterocycles. The lowest BCUT2D eigenvalue weighted by Crippen LogP contribution is -2.40. The van der Waals surface area contributed by atoms with Gasteiger partial charge in [0.15, 0.2) is 0 Å². The van der Waals surface area contributed by atoms with Crippen LogP contribution in [0.4, 0.5) is 0 Å². The summed E-state index contributed by atoms with van der Waals surface area (Å²) in [4.78, 5) is 14.9. The fourth-order valence-electron chi connectivity index (χ4n) is 3.73. The van der Waals surface area contributed by atoms with E-state index in [2.05, 4.69) is 36.1 Å². The molecule has 6 heteroatoms. The van der Waals surface area contributed by atoms with Crippen LogP contribution in [0.1, 0.15) is 55.3 Å². The number of nitrogens with one attached hydrogen (secondary N) is 1. The Morgan fingerprint density at radius 1 is 1.40 bits per heavy atom. The number of aryl methyl sites for hydroxylation is 1. The minimum absolute atomic E-state index is 0.208. The first-order chi connectivity index (χ1) is 12.0. The van der Waals surface area contributed by atoms with Crippen molar-refractivity contribution in [1.82, 2.24) is 24.9 Å². The summed E-state index contributed by atoms with van der Waals surface area (Å²) in [6.07, 6.45) is 4.38. The fourth-order valence-corrected chi connectivity index (χ4v) is 3.73. The van der Waals surface area contributed by atoms with Gasteiger partial charge in [-0.25, -0.2) is 0 Å². The molecule has 25 heavy (non-hydrogen) atoms. The van der Waals surface area contributed by atoms with Crippen molar-refractivity contribution < 1.29 is 4.79 Å². The maximum Gasteiger partial charge on any atom is 0.227 e. The molecule has 1 aliphatic heterocycles. The van der Waals surface area contributed by atoms with E-state index in [1.807, 2.05) is 22.6 Å². The van der Waals surface area contributed by atoms with E-state index in [1.165, 1.54) is 0 Å². The van der Waals surface area contributed by atoms with Crippen LogP contribution in [0.5, 0.6) is 0 Å². The van der Waals surface area contributed by atoms with Crippen LogP contribution >= 0.6 is 0 Å². The molecular formula is C19H29N5O. The zero-order valence-corrected chi connectivity index (χ0v) is 15.7. The number of likely N-dealkylation sites (tertiary alicyclic amines) is 1. The predicted octanol–water partition coefficient (Wildman–Crippen LogP) is 2.83. The molecule has 1 fully saturated rings. The number of hydrogen-bond acceptors (Lipinski definition) is 3. The minimum atomic E-state index is 0.208. The van der Waals surface area contributed by atoms with Crippen molar-refractivity contribution in [2.45, 2.75) is 59.4 Å². The smallest absolute Gasteiger partial charge is 0.227 e. The third-order valence-corrected chi connectivity index (χ3v) is 5.13. The van der Waals surface area contributed by atoms with Crippen molar-refractivity contribution in [1.29, 1.82) is 0 Å². The summed E-state index contributed by atoms with van der Waals surface area (Å²) in [6, 6.07) is 2.02. The summed E-state index contributed by atoms with van der Waals surface area (Å²) < 4.78 is 2.05. The fraction of sp³-hybridized carbons (Fsp3) is 0.632. The van der Waals surface area contributed by atoms with Gasteiger partial charge in [-0.3, -0.25) is 14.6 Å². The van der Waals surface area contributed by atoms with E-state index >= 15 is 0 Å². The summed E-state index contributed by atoms with van der Waals surface area (Å²) in [6.45, 7) is 11.0. The molecule has 136 valence electrons. The van der Waals surface area contributed by atoms with E-state index in [9.17, 15) is 4.79 Å². The molecule has 1 amide bonds. The zero-order valence-electron chi connectivity index (χ0n) is 15.7. The molecule has 0 aliphatic carbocycles. The molecule has 2 aromatic rings. The standard InChI is InChI=1S/C19H29N5O/c1-13(2)11-24-15(4)17(14(3)22-24)10-19(25)23-9-5-6-16(12-23)18-7-8-20-21-18/h7-8,13,16H,5-6,9-12H2,1-4H3,(H,20,21). The molecule has 3 rings (SSSR count). The Hall–Kier alpha value is -2.11. The zero-order chi connectivity index (χ0) is 18.0. The largest absolute Gasteiger partial charge is 0.342 e. The number of H-pyrrole nitrogens is 1. The van der Waals surface area contributed by atoms with Gasteiger partial charge >= 0.3 is 0 Å². The van der Waals surface area contributed by atoms with E-state index in [0.29, 0.717) is 18.3 Å². The highest BCUT2D eigenvalue weighted by Gasteiger charge is 2.26. The van der Waals surface area contributed by atoms with Gasteiger partial charge in [-0.1, -0.05) is 13.8 Å². The number of rotatable bonds is 5. The quantitative estimate of drug-likeness (QED) is 0.908. The van der Waals surface area contributed by atoms with E-state index in [-0.39, 0.29) is 5.91 Å². The predicted molar refractivity (Wildman–Crippen MR) is 97.4 cm³/mol. The molecule has 0 aromatic carbocycles. The topological polar surface area (TPSA) is 66.8 Å². The van der Waals surface area contributed by atoms with E-state index in [1.54, 1.807) is 6.20 Å². The van der Waals surface area contributed by atoms with Crippen LogP contribution in [0.15, 0.2) is 12.3 Å². The highest BCUT2D eigenvalue weighted by atomic mass is 16.2. The van der Waals surface area contributed by atoms with Crippen LogP contribution in [0.25, 0.3) is 0 Å². The molecule has 1 saturated heterocycles. The van der Waals surface area contributed by atoms with E-state index < -0.39 is 0 Å². The van der Waals surface area contributed by atoms with Crippen LogP contribution in [-0.2, 0) is 17.8 Å². The molecule has 0 radical (unpaired) electrons. The normalized spacial score (nSPS) is 18.1. The summed E-state index contributed by atoms with van der Waals surface area (Å²) in [5.41, 5.74) is 4.33. The molecule has 1 unspecified atom stereocenters. The third-order valence-electron chi connectivity index (χ3n) is 5.13. The molecular weight excluding hydrogens is 314 g/mol. The number of aromatic amines is 1. The van der Waals surface area contributed by atoms with Gasteiger partial charge in [0.1, 0.15) is 0 Å². The molecule has 0 bridgehead atoms. The van der Waals surface area contributed by atoms with Crippen LogP contribution in [-0.4, -0.2) is 43.9 Å². The first kappa shape index (κ1) is 17.7. The molecule has 0 spiro atoms. The van der Waals surface area contributed by atoms with Crippen molar-refractivity contribution in [2.75, 3.05) is 13.1 Å². The van der Waals surface area contributed by atoms with Gasteiger partial charge in [0.05, 0.1) is 12.1 Å². The molecule has 6 nitrogen and oxygen atoms in total. The van der Waals surface area contributed by atoms with Crippen LogP contribution in [0.3, 0.4) is 0 Å². The SMILES string of the molecule is Cc1nn(CC(C)C)c(C)c1CC(=O)N1CCCC(c2ccn[nH]2)C1. The Morgan fingerprint density at radius 3 is 2.88 bits per heavy atom. The Bertz CT molecular complexity index is 717. The molecule has 1 N–H and O–H groups in total. The number of hydrogen-bond donors (Lipinski definition) is 1. The summed E-state index contributed by atoms with van der Waals surface area (Å²) >= 11 is 0. The van der Waals surface area contributed by atoms with Crippen molar-refractivity contribution in [3.8, 4) is 0 Å². The van der Waals surface area contributed by atoms with Crippen LogP contribution < -0.4 is 0 Å². The van der Waals surface area contributed by atoms with Gasteiger partial charge in [-0.05, 0) is 38.7 Å². The van der Waals surface area contributed by atoms with Crippen molar-refractivity contribution >= 4 is 5.91 Å². The van der Waals surface area contributed by atoms with Gasteiger partial charge in [-0.2, -0.15) is 10.2 Å². The van der Waals surface area contributed by atoms with Gasteiger partial charge in [0.2, 0.25) is 5.91 Å². The summed E-state index contributed by atoms with van der Waals surface area (Å²) in [5, 5.41) is 11.7. The number of carbonyl (C=O) groups excluding carboxylic acids is 1. The number of amides is 1. The maximum atomic E-state index is 12.9. The number of nitrogens with zero attached hydrogens (tertiary/aromatic N) is 4. The van der Waals surface area contributed by atoms with Crippen molar-refractivity contribution in [3.05, 3.63) is 34.9 Å². The second-order valence-electron chi connectivity index (χ2n) is 7.59. The lowest BCUT2D eigenvalue weighted by Gasteiger charge is -2.32. The lowest BCUT2D eigenvalue weighted by molar-refractivity contribution is -0.131. The third kappa shape index (κ3) is 3.94. The van der Waals surface area contributed by atoms with Gasteiger partial charge < -0.3 is 4.90 Å². The summed E-state index contributed by atoms with van der Waals surface area (Å²) in [7, 11) is 0. The molecule has 0 saturated carbocycles. The molecule has 1 aliphatic rings. The van der Waals surface area contributed by atoms with Gasteiger partial charge in [0, 0.05) is 48.7 Å². The lowest BCUT2D eigenvalue weighted by atomic mass is 9.94. The average Bonchev–Trinajstić information content (AvgIpc) is 3.19. The van der Waals surface area contributed by atoms with Gasteiger partial charge in [0.25, 0.3) is 0 Å². The Labute approximate surface area is 149 Å². The number of aromatic nitrogens is 4. The average molecular weight is 343 g/mol. The monoisotopic (exact) mass is 343 g/mol. The van der Waals surface area contributed by atoms with Crippen LogP contribution in [0, 0.1) is 19.8 Å². The maximum absolute atomic E-state index is 12.9. The van der Waals surface area contributed by atoms with Crippen LogP contribution in [0.2, 0.25) is 0 Å². The van der Waals surface area contributed by atoms with Crippen molar-refractivity contribution in [3.63, 3.8) is 0 Å². The van der Waals surface area contributed by atoms with E-state index in [0.717, 1.165) is 55.1 Å². The number of piperidine rings is 1. The second-order valence-corrected chi connectivity index (χ2v) is 7.59. The highest BCUT2D eigenvalue weighted by Crippen LogP contribution is 2.26. The minimum Gasteiger partial charge on any atom is -0.342 e. The summed E-state index contributed by atoms with van der Waals surface area (Å²) in [5.74, 6) is 1.12. The first-order valence-electron chi connectivity index (χ1n) is 9.25. The van der Waals surface area contributed by atoms with Crippen molar-refractivity contribution in [2.24, 2.45) is 5.92 Å². The first-order valence-corrected chi connectivity index (χ1v) is 9.25. The van der Waals surface area contributed by atoms with Gasteiger partial charge in [-0.15, -0.1) is 0 Å². The number of carbonyl (C=O) groups is 1. The highest BCUT2D eigenvalue weighted by molar-refractivity contribution is 5.79. The Morgan fingerprint density at radius 2 is 2.20 bits per heavy atom.